The highest BCUT2D eigenvalue weighted by Crippen LogP contribution is 2.26. The molecule has 0 saturated carbocycles. The van der Waals surface area contributed by atoms with Crippen LogP contribution in [0.1, 0.15) is 5.56 Å². The molecule has 0 aliphatic heterocycles. The summed E-state index contributed by atoms with van der Waals surface area (Å²) >= 11 is 7.15. The summed E-state index contributed by atoms with van der Waals surface area (Å²) in [6.45, 7) is 2.02. The second-order valence-electron chi connectivity index (χ2n) is 4.32. The van der Waals surface area contributed by atoms with Crippen molar-refractivity contribution in [3.63, 3.8) is 0 Å². The molecule has 0 fully saturated rings. The SMILES string of the molecule is CSc1ccccc1-n1c(=S)[nH]c2cc(C)cnc21. The number of aryl methyl sites for hydroxylation is 1. The molecule has 0 saturated heterocycles. The van der Waals surface area contributed by atoms with Gasteiger partial charge in [-0.25, -0.2) is 4.98 Å². The van der Waals surface area contributed by atoms with Crippen LogP contribution in [-0.2, 0) is 0 Å². The number of hydrogen-bond donors (Lipinski definition) is 1. The highest BCUT2D eigenvalue weighted by Gasteiger charge is 2.10. The van der Waals surface area contributed by atoms with E-state index in [4.69, 9.17) is 12.2 Å². The number of para-hydroxylation sites is 1. The van der Waals surface area contributed by atoms with E-state index in [2.05, 4.69) is 34.4 Å². The molecule has 0 spiro atoms. The van der Waals surface area contributed by atoms with E-state index in [1.807, 2.05) is 29.8 Å². The number of nitrogens with one attached hydrogen (secondary N) is 1. The average Bonchev–Trinajstić information content (AvgIpc) is 2.73. The monoisotopic (exact) mass is 287 g/mol. The van der Waals surface area contributed by atoms with Crippen molar-refractivity contribution in [3.8, 4) is 5.69 Å². The van der Waals surface area contributed by atoms with Crippen LogP contribution in [0.2, 0.25) is 0 Å². The molecule has 2 aromatic heterocycles. The van der Waals surface area contributed by atoms with Crippen LogP contribution >= 0.6 is 24.0 Å². The maximum absolute atomic E-state index is 5.44. The minimum atomic E-state index is 0.676. The molecule has 5 heteroatoms. The lowest BCUT2D eigenvalue weighted by molar-refractivity contribution is 1.01. The van der Waals surface area contributed by atoms with Gasteiger partial charge in [0.05, 0.1) is 11.2 Å². The summed E-state index contributed by atoms with van der Waals surface area (Å²) in [5, 5.41) is 0. The zero-order valence-corrected chi connectivity index (χ0v) is 12.3. The van der Waals surface area contributed by atoms with E-state index >= 15 is 0 Å². The van der Waals surface area contributed by atoms with Crippen molar-refractivity contribution in [2.45, 2.75) is 11.8 Å². The maximum atomic E-state index is 5.44. The van der Waals surface area contributed by atoms with Crippen LogP contribution in [0.5, 0.6) is 0 Å². The van der Waals surface area contributed by atoms with E-state index in [0.29, 0.717) is 4.77 Å². The summed E-state index contributed by atoms with van der Waals surface area (Å²) in [5.74, 6) is 0. The van der Waals surface area contributed by atoms with Crippen LogP contribution in [0.3, 0.4) is 0 Å². The normalized spacial score (nSPS) is 11.1. The topological polar surface area (TPSA) is 33.6 Å². The number of aromatic amines is 1. The van der Waals surface area contributed by atoms with Crippen molar-refractivity contribution in [2.75, 3.05) is 6.26 Å². The predicted molar refractivity (Wildman–Crippen MR) is 82.8 cm³/mol. The summed E-state index contributed by atoms with van der Waals surface area (Å²) in [6.07, 6.45) is 3.93. The zero-order chi connectivity index (χ0) is 13.4. The van der Waals surface area contributed by atoms with E-state index in [-0.39, 0.29) is 0 Å². The number of nitrogens with zero attached hydrogens (tertiary/aromatic N) is 2. The molecule has 1 N–H and O–H groups in total. The second kappa shape index (κ2) is 4.83. The van der Waals surface area contributed by atoms with E-state index in [0.717, 1.165) is 22.4 Å². The van der Waals surface area contributed by atoms with Crippen molar-refractivity contribution in [2.24, 2.45) is 0 Å². The summed E-state index contributed by atoms with van der Waals surface area (Å²) < 4.78 is 2.67. The number of H-pyrrole nitrogens is 1. The second-order valence-corrected chi connectivity index (χ2v) is 5.56. The Bertz CT molecular complexity index is 802. The molecule has 3 aromatic rings. The van der Waals surface area contributed by atoms with Crippen LogP contribution in [0.4, 0.5) is 0 Å². The number of aromatic nitrogens is 3. The number of rotatable bonds is 2. The lowest BCUT2D eigenvalue weighted by atomic mass is 10.3. The van der Waals surface area contributed by atoms with Crippen molar-refractivity contribution < 1.29 is 0 Å². The third kappa shape index (κ3) is 2.09. The summed E-state index contributed by atoms with van der Waals surface area (Å²) in [4.78, 5) is 8.92. The largest absolute Gasteiger partial charge is 0.329 e. The summed E-state index contributed by atoms with van der Waals surface area (Å²) in [6, 6.07) is 10.3. The Labute approximate surface area is 120 Å². The number of benzene rings is 1. The molecule has 2 heterocycles. The minimum Gasteiger partial charge on any atom is -0.329 e. The van der Waals surface area contributed by atoms with Crippen LogP contribution < -0.4 is 0 Å². The number of thioether (sulfide) groups is 1. The van der Waals surface area contributed by atoms with Gasteiger partial charge in [0.1, 0.15) is 0 Å². The fraction of sp³-hybridized carbons (Fsp3) is 0.143. The summed E-state index contributed by atoms with van der Waals surface area (Å²) in [5.41, 5.74) is 4.04. The van der Waals surface area contributed by atoms with Gasteiger partial charge >= 0.3 is 0 Å². The van der Waals surface area contributed by atoms with E-state index in [1.54, 1.807) is 11.8 Å². The van der Waals surface area contributed by atoms with Gasteiger partial charge in [0.25, 0.3) is 0 Å². The van der Waals surface area contributed by atoms with Crippen molar-refractivity contribution in [1.82, 2.24) is 14.5 Å². The Kier molecular flexibility index (Phi) is 3.16. The fourth-order valence-electron chi connectivity index (χ4n) is 2.14. The third-order valence-corrected chi connectivity index (χ3v) is 4.06. The Morgan fingerprint density at radius 3 is 2.89 bits per heavy atom. The summed E-state index contributed by atoms with van der Waals surface area (Å²) in [7, 11) is 0. The van der Waals surface area contributed by atoms with E-state index in [9.17, 15) is 0 Å². The van der Waals surface area contributed by atoms with Crippen molar-refractivity contribution >= 4 is 35.1 Å². The lowest BCUT2D eigenvalue weighted by Crippen LogP contribution is -1.97. The molecule has 0 atom stereocenters. The van der Waals surface area contributed by atoms with E-state index in [1.165, 1.54) is 4.90 Å². The van der Waals surface area contributed by atoms with Gasteiger partial charge in [-0.2, -0.15) is 0 Å². The highest BCUT2D eigenvalue weighted by molar-refractivity contribution is 7.98. The fourth-order valence-corrected chi connectivity index (χ4v) is 3.02. The molecule has 0 unspecified atom stereocenters. The van der Waals surface area contributed by atoms with Gasteiger partial charge in [-0.1, -0.05) is 12.1 Å². The molecule has 0 amide bonds. The van der Waals surface area contributed by atoms with Gasteiger partial charge < -0.3 is 4.98 Å². The first-order valence-electron chi connectivity index (χ1n) is 5.91. The maximum Gasteiger partial charge on any atom is 0.184 e. The third-order valence-electron chi connectivity index (χ3n) is 2.99. The van der Waals surface area contributed by atoms with Crippen molar-refractivity contribution in [1.29, 1.82) is 0 Å². The Morgan fingerprint density at radius 2 is 2.11 bits per heavy atom. The number of fused-ring (bicyclic) bond motifs is 1. The first kappa shape index (κ1) is 12.4. The number of pyridine rings is 1. The molecule has 0 aliphatic rings. The Balaban J connectivity index is 2.36. The predicted octanol–water partition coefficient (Wildman–Crippen LogP) is 4.11. The molecule has 0 aliphatic carbocycles. The smallest absolute Gasteiger partial charge is 0.184 e. The standard InChI is InChI=1S/C14H13N3S2/c1-9-7-10-13(15-8-9)17(14(18)16-10)11-5-3-4-6-12(11)19-2/h3-8H,1-2H3,(H,16,18). The Morgan fingerprint density at radius 1 is 1.32 bits per heavy atom. The Hall–Kier alpha value is -1.59. The number of imidazole rings is 1. The zero-order valence-electron chi connectivity index (χ0n) is 10.7. The minimum absolute atomic E-state index is 0.676. The van der Waals surface area contributed by atoms with Crippen LogP contribution in [0.15, 0.2) is 41.4 Å². The van der Waals surface area contributed by atoms with Gasteiger partial charge in [-0.15, -0.1) is 11.8 Å². The molecule has 1 aromatic carbocycles. The quantitative estimate of drug-likeness (QED) is 0.569. The molecular weight excluding hydrogens is 274 g/mol. The van der Waals surface area contributed by atoms with Gasteiger partial charge in [-0.05, 0) is 49.2 Å². The molecule has 19 heavy (non-hydrogen) atoms. The molecule has 3 nitrogen and oxygen atoms in total. The molecular formula is C14H13N3S2. The highest BCUT2D eigenvalue weighted by atomic mass is 32.2. The molecule has 0 radical (unpaired) electrons. The first-order valence-corrected chi connectivity index (χ1v) is 7.55. The average molecular weight is 287 g/mol. The molecule has 3 rings (SSSR count). The van der Waals surface area contributed by atoms with E-state index < -0.39 is 0 Å². The van der Waals surface area contributed by atoms with Crippen molar-refractivity contribution in [3.05, 3.63) is 46.9 Å². The van der Waals surface area contributed by atoms with Gasteiger partial charge in [0, 0.05) is 11.1 Å². The lowest BCUT2D eigenvalue weighted by Gasteiger charge is -2.08. The van der Waals surface area contributed by atoms with Gasteiger partial charge in [0.15, 0.2) is 10.4 Å². The van der Waals surface area contributed by atoms with Gasteiger partial charge in [0.2, 0.25) is 0 Å². The van der Waals surface area contributed by atoms with Crippen LogP contribution in [0.25, 0.3) is 16.9 Å². The first-order chi connectivity index (χ1) is 9.20. The van der Waals surface area contributed by atoms with Crippen LogP contribution in [-0.4, -0.2) is 20.8 Å². The molecule has 0 bridgehead atoms. The van der Waals surface area contributed by atoms with Gasteiger partial charge in [-0.3, -0.25) is 4.57 Å². The van der Waals surface area contributed by atoms with Crippen LogP contribution in [0, 0.1) is 11.7 Å². The number of hydrogen-bond acceptors (Lipinski definition) is 3. The molecule has 96 valence electrons.